The predicted octanol–water partition coefficient (Wildman–Crippen LogP) is 12.4. The Balaban J connectivity index is 3.46. The topological polar surface area (TPSA) is 69.6 Å². The van der Waals surface area contributed by atoms with Gasteiger partial charge in [-0.25, -0.2) is 0 Å². The summed E-state index contributed by atoms with van der Waals surface area (Å²) in [6, 6.07) is -0.529. The Labute approximate surface area is 283 Å². The van der Waals surface area contributed by atoms with Gasteiger partial charge in [0.05, 0.1) is 18.8 Å². The summed E-state index contributed by atoms with van der Waals surface area (Å²) >= 11 is 0. The summed E-state index contributed by atoms with van der Waals surface area (Å²) in [4.78, 5) is 12.4. The normalized spacial score (nSPS) is 13.0. The molecular weight excluding hydrogens is 554 g/mol. The summed E-state index contributed by atoms with van der Waals surface area (Å²) in [5.41, 5.74) is 0. The summed E-state index contributed by atoms with van der Waals surface area (Å²) < 4.78 is 0. The van der Waals surface area contributed by atoms with Gasteiger partial charge in [-0.3, -0.25) is 4.79 Å². The van der Waals surface area contributed by atoms with Crippen LogP contribution in [0.25, 0.3) is 0 Å². The van der Waals surface area contributed by atoms with Gasteiger partial charge < -0.3 is 15.5 Å². The number of carbonyl (C=O) groups is 1. The van der Waals surface area contributed by atoms with Gasteiger partial charge >= 0.3 is 0 Å². The molecule has 0 unspecified atom stereocenters. The highest BCUT2D eigenvalue weighted by atomic mass is 16.3. The molecule has 0 heterocycles. The average Bonchev–Trinajstić information content (AvgIpc) is 3.02. The van der Waals surface area contributed by atoms with E-state index in [4.69, 9.17) is 0 Å². The lowest BCUT2D eigenvalue weighted by Gasteiger charge is -2.22. The van der Waals surface area contributed by atoms with Gasteiger partial charge in [0, 0.05) is 6.42 Å². The van der Waals surface area contributed by atoms with Crippen molar-refractivity contribution in [2.24, 2.45) is 5.92 Å². The van der Waals surface area contributed by atoms with Gasteiger partial charge in [-0.1, -0.05) is 213 Å². The second-order valence-corrected chi connectivity index (χ2v) is 14.9. The smallest absolute Gasteiger partial charge is 0.220 e. The van der Waals surface area contributed by atoms with E-state index in [1.807, 2.05) is 0 Å². The summed E-state index contributed by atoms with van der Waals surface area (Å²) in [6.07, 6.45) is 41.7. The Bertz CT molecular complexity index is 581. The van der Waals surface area contributed by atoms with Crippen molar-refractivity contribution in [1.29, 1.82) is 0 Å². The molecule has 4 heteroatoms. The van der Waals surface area contributed by atoms with Crippen LogP contribution in [0.2, 0.25) is 0 Å². The van der Waals surface area contributed by atoms with Crippen LogP contribution in [0.3, 0.4) is 0 Å². The molecule has 0 aromatic carbocycles. The van der Waals surface area contributed by atoms with E-state index in [2.05, 4.69) is 26.1 Å². The van der Waals surface area contributed by atoms with Crippen LogP contribution in [-0.4, -0.2) is 34.9 Å². The first-order valence-electron chi connectivity index (χ1n) is 20.6. The van der Waals surface area contributed by atoms with Gasteiger partial charge in [0.2, 0.25) is 5.91 Å². The number of carbonyl (C=O) groups excluding carboxylic acids is 1. The van der Waals surface area contributed by atoms with Crippen LogP contribution in [0, 0.1) is 5.92 Å². The number of hydrogen-bond donors (Lipinski definition) is 3. The molecule has 0 rings (SSSR count). The average molecular weight is 638 g/mol. The SMILES string of the molecule is CCCCCCCCCCCCCCCCCCCCCCCC(=O)N[C@@H](CO)[C@H](O)CCCCCCCCCCCC(C)C. The largest absolute Gasteiger partial charge is 0.394 e. The zero-order valence-corrected chi connectivity index (χ0v) is 31.1. The highest BCUT2D eigenvalue weighted by Crippen LogP contribution is 2.17. The lowest BCUT2D eigenvalue weighted by atomic mass is 10.0. The van der Waals surface area contributed by atoms with Crippen molar-refractivity contribution in [3.8, 4) is 0 Å². The molecule has 0 aliphatic rings. The van der Waals surface area contributed by atoms with E-state index in [1.54, 1.807) is 0 Å². The number of rotatable bonds is 37. The van der Waals surface area contributed by atoms with Gasteiger partial charge in [-0.2, -0.15) is 0 Å². The molecule has 270 valence electrons. The van der Waals surface area contributed by atoms with Crippen molar-refractivity contribution in [3.05, 3.63) is 0 Å². The van der Waals surface area contributed by atoms with Crippen molar-refractivity contribution >= 4 is 5.91 Å². The van der Waals surface area contributed by atoms with Crippen molar-refractivity contribution in [1.82, 2.24) is 5.32 Å². The lowest BCUT2D eigenvalue weighted by Crippen LogP contribution is -2.45. The Morgan fingerprint density at radius 3 is 1.13 bits per heavy atom. The summed E-state index contributed by atoms with van der Waals surface area (Å²) in [7, 11) is 0. The van der Waals surface area contributed by atoms with Crippen molar-refractivity contribution < 1.29 is 15.0 Å². The third-order valence-corrected chi connectivity index (χ3v) is 9.80. The van der Waals surface area contributed by atoms with Crippen molar-refractivity contribution in [2.45, 2.75) is 245 Å². The first-order chi connectivity index (χ1) is 22.0. The quantitative estimate of drug-likeness (QED) is 0.0594. The van der Waals surface area contributed by atoms with E-state index in [1.165, 1.54) is 173 Å². The standard InChI is InChI=1S/C41H83NO3/c1-4-5-6-7-8-9-10-11-12-13-14-15-16-17-18-19-20-24-27-30-33-36-41(45)42-39(37-43)40(44)35-32-29-26-23-21-22-25-28-31-34-38(2)3/h38-40,43-44H,4-37H2,1-3H3,(H,42,45)/t39-,40+/m0/s1. The van der Waals surface area contributed by atoms with Crippen LogP contribution in [0.15, 0.2) is 0 Å². The molecule has 2 atom stereocenters. The molecule has 3 N–H and O–H groups in total. The number of hydrogen-bond acceptors (Lipinski definition) is 3. The van der Waals surface area contributed by atoms with E-state index < -0.39 is 12.1 Å². The molecule has 0 aliphatic carbocycles. The number of amides is 1. The summed E-state index contributed by atoms with van der Waals surface area (Å²) in [6.45, 7) is 6.71. The van der Waals surface area contributed by atoms with E-state index in [9.17, 15) is 15.0 Å². The van der Waals surface area contributed by atoms with E-state index in [-0.39, 0.29) is 12.5 Å². The third-order valence-electron chi connectivity index (χ3n) is 9.80. The highest BCUT2D eigenvalue weighted by Gasteiger charge is 2.20. The van der Waals surface area contributed by atoms with Gasteiger partial charge in [0.1, 0.15) is 0 Å². The monoisotopic (exact) mass is 638 g/mol. The molecule has 0 bridgehead atoms. The van der Waals surface area contributed by atoms with Gasteiger partial charge in [0.25, 0.3) is 0 Å². The third kappa shape index (κ3) is 34.5. The second kappa shape index (κ2) is 36.2. The van der Waals surface area contributed by atoms with Crippen molar-refractivity contribution in [2.75, 3.05) is 6.61 Å². The molecule has 0 radical (unpaired) electrons. The maximum Gasteiger partial charge on any atom is 0.220 e. The van der Waals surface area contributed by atoms with Crippen LogP contribution >= 0.6 is 0 Å². The minimum Gasteiger partial charge on any atom is -0.394 e. The number of aliphatic hydroxyl groups is 2. The van der Waals surface area contributed by atoms with Gasteiger partial charge in [0.15, 0.2) is 0 Å². The minimum atomic E-state index is -0.653. The summed E-state index contributed by atoms with van der Waals surface area (Å²) in [5, 5.41) is 23.1. The van der Waals surface area contributed by atoms with Crippen LogP contribution in [0.4, 0.5) is 0 Å². The molecule has 0 spiro atoms. The van der Waals surface area contributed by atoms with Crippen LogP contribution in [-0.2, 0) is 4.79 Å². The molecule has 45 heavy (non-hydrogen) atoms. The number of nitrogens with one attached hydrogen (secondary N) is 1. The van der Waals surface area contributed by atoms with E-state index in [0.717, 1.165) is 31.6 Å². The fourth-order valence-corrected chi connectivity index (χ4v) is 6.60. The molecule has 4 nitrogen and oxygen atoms in total. The van der Waals surface area contributed by atoms with Gasteiger partial charge in [-0.05, 0) is 18.8 Å². The Hall–Kier alpha value is -0.610. The zero-order valence-electron chi connectivity index (χ0n) is 31.1. The molecule has 0 aliphatic heterocycles. The van der Waals surface area contributed by atoms with Crippen LogP contribution in [0.5, 0.6) is 0 Å². The Morgan fingerprint density at radius 1 is 0.489 bits per heavy atom. The van der Waals surface area contributed by atoms with Crippen LogP contribution < -0.4 is 5.32 Å². The first kappa shape index (κ1) is 44.4. The van der Waals surface area contributed by atoms with E-state index >= 15 is 0 Å². The Kier molecular flexibility index (Phi) is 35.7. The fraction of sp³-hybridized carbons (Fsp3) is 0.976. The van der Waals surface area contributed by atoms with E-state index in [0.29, 0.717) is 12.8 Å². The second-order valence-electron chi connectivity index (χ2n) is 14.9. The first-order valence-corrected chi connectivity index (χ1v) is 20.6. The number of aliphatic hydroxyl groups excluding tert-OH is 2. The highest BCUT2D eigenvalue weighted by molar-refractivity contribution is 5.76. The van der Waals surface area contributed by atoms with Crippen molar-refractivity contribution in [3.63, 3.8) is 0 Å². The molecule has 0 saturated carbocycles. The molecule has 1 amide bonds. The molecule has 0 saturated heterocycles. The molecule has 0 aromatic rings. The van der Waals surface area contributed by atoms with Gasteiger partial charge in [-0.15, -0.1) is 0 Å². The molecule has 0 aromatic heterocycles. The Morgan fingerprint density at radius 2 is 0.800 bits per heavy atom. The molecule has 0 fully saturated rings. The fourth-order valence-electron chi connectivity index (χ4n) is 6.60. The zero-order chi connectivity index (χ0) is 33.1. The lowest BCUT2D eigenvalue weighted by molar-refractivity contribution is -0.123. The minimum absolute atomic E-state index is 0.0284. The van der Waals surface area contributed by atoms with Crippen LogP contribution in [0.1, 0.15) is 233 Å². The maximum atomic E-state index is 12.4. The molecular formula is C41H83NO3. The maximum absolute atomic E-state index is 12.4. The predicted molar refractivity (Wildman–Crippen MR) is 198 cm³/mol. The number of unbranched alkanes of at least 4 members (excludes halogenated alkanes) is 28. The summed E-state index contributed by atoms with van der Waals surface area (Å²) in [5.74, 6) is 0.802.